The van der Waals surface area contributed by atoms with Crippen LogP contribution < -0.4 is 10.2 Å². The van der Waals surface area contributed by atoms with Crippen molar-refractivity contribution in [3.05, 3.63) is 29.3 Å². The van der Waals surface area contributed by atoms with E-state index >= 15 is 0 Å². The molecule has 1 aromatic carbocycles. The quantitative estimate of drug-likeness (QED) is 0.401. The molecule has 0 aromatic heterocycles. The highest BCUT2D eigenvalue weighted by atomic mass is 127. The Morgan fingerprint density at radius 3 is 2.70 bits per heavy atom. The first kappa shape index (κ1) is 22.2. The Morgan fingerprint density at radius 1 is 1.26 bits per heavy atom. The van der Waals surface area contributed by atoms with E-state index in [4.69, 9.17) is 9.47 Å². The van der Waals surface area contributed by atoms with Crippen LogP contribution in [0.15, 0.2) is 23.2 Å². The molecule has 2 atom stereocenters. The first-order valence-electron chi connectivity index (χ1n) is 9.54. The van der Waals surface area contributed by atoms with Crippen LogP contribution in [0.1, 0.15) is 24.0 Å². The van der Waals surface area contributed by atoms with E-state index in [0.717, 1.165) is 51.6 Å². The molecule has 6 nitrogen and oxygen atoms in total. The van der Waals surface area contributed by atoms with Crippen LogP contribution in [0.3, 0.4) is 0 Å². The summed E-state index contributed by atoms with van der Waals surface area (Å²) >= 11 is 0. The standard InChI is InChI=1S/C20H32N4O2.HI/c1-15-7-8-16(17(12-15)23(3)4)13-22-20(21-2)24-9-11-26-19(14-24)18-6-5-10-25-18;/h7-8,12,18-19H,5-6,9-11,13-14H2,1-4H3,(H,21,22);1H. The fourth-order valence-electron chi connectivity index (χ4n) is 3.73. The van der Waals surface area contributed by atoms with Crippen LogP contribution in [0.5, 0.6) is 0 Å². The molecule has 2 heterocycles. The topological polar surface area (TPSA) is 49.3 Å². The van der Waals surface area contributed by atoms with Gasteiger partial charge in [0, 0.05) is 53.1 Å². The summed E-state index contributed by atoms with van der Waals surface area (Å²) in [6.07, 6.45) is 2.60. The van der Waals surface area contributed by atoms with Crippen LogP contribution in [0.25, 0.3) is 0 Å². The molecule has 0 amide bonds. The number of ether oxygens (including phenoxy) is 2. The Balaban J connectivity index is 0.00000261. The minimum atomic E-state index is 0. The SMILES string of the molecule is CN=C(NCc1ccc(C)cc1N(C)C)N1CCOC(C2CCCO2)C1.I. The van der Waals surface area contributed by atoms with Crippen LogP contribution in [0.4, 0.5) is 5.69 Å². The van der Waals surface area contributed by atoms with Crippen molar-refractivity contribution in [3.8, 4) is 0 Å². The van der Waals surface area contributed by atoms with E-state index in [-0.39, 0.29) is 36.2 Å². The number of guanidine groups is 1. The number of halogens is 1. The normalized spacial score (nSPS) is 23.1. The van der Waals surface area contributed by atoms with Gasteiger partial charge in [0.2, 0.25) is 0 Å². The van der Waals surface area contributed by atoms with Crippen LogP contribution in [0, 0.1) is 6.92 Å². The summed E-state index contributed by atoms with van der Waals surface area (Å²) in [4.78, 5) is 8.95. The van der Waals surface area contributed by atoms with Crippen LogP contribution in [-0.4, -0.2) is 70.5 Å². The van der Waals surface area contributed by atoms with Crippen LogP contribution in [-0.2, 0) is 16.0 Å². The van der Waals surface area contributed by atoms with E-state index in [1.165, 1.54) is 16.8 Å². The molecule has 2 fully saturated rings. The summed E-state index contributed by atoms with van der Waals surface area (Å²) < 4.78 is 11.8. The number of aliphatic imine (C=N–C) groups is 1. The molecule has 0 bridgehead atoms. The predicted molar refractivity (Wildman–Crippen MR) is 121 cm³/mol. The zero-order valence-corrected chi connectivity index (χ0v) is 19.2. The fraction of sp³-hybridized carbons (Fsp3) is 0.650. The van der Waals surface area contributed by atoms with Gasteiger partial charge in [-0.05, 0) is 37.0 Å². The number of morpholine rings is 1. The van der Waals surface area contributed by atoms with Gasteiger partial charge in [-0.3, -0.25) is 4.99 Å². The minimum absolute atomic E-state index is 0. The number of nitrogens with zero attached hydrogens (tertiary/aromatic N) is 3. The van der Waals surface area contributed by atoms with Crippen molar-refractivity contribution in [2.45, 2.75) is 38.5 Å². The molecule has 1 aromatic rings. The van der Waals surface area contributed by atoms with E-state index < -0.39 is 0 Å². The van der Waals surface area contributed by atoms with Gasteiger partial charge in [0.05, 0.1) is 12.7 Å². The number of aryl methyl sites for hydroxylation is 1. The maximum absolute atomic E-state index is 5.96. The Kier molecular flexibility index (Phi) is 8.62. The largest absolute Gasteiger partial charge is 0.377 e. The van der Waals surface area contributed by atoms with Crippen molar-refractivity contribution in [3.63, 3.8) is 0 Å². The van der Waals surface area contributed by atoms with Gasteiger partial charge in [0.15, 0.2) is 5.96 Å². The van der Waals surface area contributed by atoms with Gasteiger partial charge in [0.25, 0.3) is 0 Å². The lowest BCUT2D eigenvalue weighted by Crippen LogP contribution is -2.53. The smallest absolute Gasteiger partial charge is 0.194 e. The lowest BCUT2D eigenvalue weighted by molar-refractivity contribution is -0.0817. The molecule has 0 saturated carbocycles. The molecular formula is C20H33IN4O2. The van der Waals surface area contributed by atoms with Crippen LogP contribution in [0.2, 0.25) is 0 Å². The van der Waals surface area contributed by atoms with Gasteiger partial charge < -0.3 is 24.6 Å². The third-order valence-electron chi connectivity index (χ3n) is 5.14. The molecule has 3 rings (SSSR count). The highest BCUT2D eigenvalue weighted by molar-refractivity contribution is 14.0. The lowest BCUT2D eigenvalue weighted by Gasteiger charge is -2.37. The highest BCUT2D eigenvalue weighted by Gasteiger charge is 2.32. The number of benzene rings is 1. The van der Waals surface area contributed by atoms with Gasteiger partial charge in [-0.2, -0.15) is 0 Å². The first-order chi connectivity index (χ1) is 12.6. The molecule has 27 heavy (non-hydrogen) atoms. The van der Waals surface area contributed by atoms with Crippen LogP contribution >= 0.6 is 24.0 Å². The van der Waals surface area contributed by atoms with E-state index in [1.54, 1.807) is 0 Å². The maximum atomic E-state index is 5.96. The van der Waals surface area contributed by atoms with Gasteiger partial charge in [-0.15, -0.1) is 24.0 Å². The summed E-state index contributed by atoms with van der Waals surface area (Å²) in [7, 11) is 6.02. The number of rotatable bonds is 4. The van der Waals surface area contributed by atoms with E-state index in [9.17, 15) is 0 Å². The molecule has 7 heteroatoms. The highest BCUT2D eigenvalue weighted by Crippen LogP contribution is 2.22. The summed E-state index contributed by atoms with van der Waals surface area (Å²) in [6, 6.07) is 6.58. The summed E-state index contributed by atoms with van der Waals surface area (Å²) in [5, 5.41) is 3.53. The van der Waals surface area contributed by atoms with Crippen molar-refractivity contribution in [1.29, 1.82) is 0 Å². The molecule has 0 spiro atoms. The number of hydrogen-bond acceptors (Lipinski definition) is 4. The predicted octanol–water partition coefficient (Wildman–Crippen LogP) is 2.63. The average Bonchev–Trinajstić information content (AvgIpc) is 3.18. The fourth-order valence-corrected chi connectivity index (χ4v) is 3.73. The summed E-state index contributed by atoms with van der Waals surface area (Å²) in [6.45, 7) is 6.15. The number of nitrogens with one attached hydrogen (secondary N) is 1. The van der Waals surface area contributed by atoms with Crippen molar-refractivity contribution in [1.82, 2.24) is 10.2 Å². The second-order valence-electron chi connectivity index (χ2n) is 7.33. The zero-order valence-electron chi connectivity index (χ0n) is 16.9. The summed E-state index contributed by atoms with van der Waals surface area (Å²) in [5.74, 6) is 0.932. The monoisotopic (exact) mass is 488 g/mol. The molecule has 2 unspecified atom stereocenters. The third kappa shape index (κ3) is 5.71. The van der Waals surface area contributed by atoms with E-state index in [2.05, 4.69) is 59.3 Å². The van der Waals surface area contributed by atoms with Gasteiger partial charge in [-0.1, -0.05) is 12.1 Å². The third-order valence-corrected chi connectivity index (χ3v) is 5.14. The Labute approximate surface area is 180 Å². The minimum Gasteiger partial charge on any atom is -0.377 e. The molecule has 2 saturated heterocycles. The second-order valence-corrected chi connectivity index (χ2v) is 7.33. The number of hydrogen-bond donors (Lipinski definition) is 1. The first-order valence-corrected chi connectivity index (χ1v) is 9.54. The lowest BCUT2D eigenvalue weighted by atomic mass is 10.1. The van der Waals surface area contributed by atoms with Gasteiger partial charge in [0.1, 0.15) is 6.10 Å². The average molecular weight is 488 g/mol. The molecule has 0 aliphatic carbocycles. The molecule has 0 radical (unpaired) electrons. The van der Waals surface area contributed by atoms with Gasteiger partial charge >= 0.3 is 0 Å². The van der Waals surface area contributed by atoms with E-state index in [0.29, 0.717) is 0 Å². The van der Waals surface area contributed by atoms with Crippen molar-refractivity contribution in [2.75, 3.05) is 52.3 Å². The van der Waals surface area contributed by atoms with Crippen molar-refractivity contribution in [2.24, 2.45) is 4.99 Å². The second kappa shape index (κ2) is 10.5. The molecule has 1 N–H and O–H groups in total. The summed E-state index contributed by atoms with van der Waals surface area (Å²) in [5.41, 5.74) is 3.78. The maximum Gasteiger partial charge on any atom is 0.194 e. The Bertz CT molecular complexity index is 632. The zero-order chi connectivity index (χ0) is 18.5. The number of anilines is 1. The van der Waals surface area contributed by atoms with E-state index in [1.807, 2.05) is 7.05 Å². The van der Waals surface area contributed by atoms with Crippen molar-refractivity contribution < 1.29 is 9.47 Å². The Hall–Kier alpha value is -1.06. The molecular weight excluding hydrogens is 455 g/mol. The molecule has 2 aliphatic heterocycles. The Morgan fingerprint density at radius 2 is 2.04 bits per heavy atom. The van der Waals surface area contributed by atoms with Crippen molar-refractivity contribution >= 4 is 35.6 Å². The molecule has 2 aliphatic rings. The molecule has 152 valence electrons. The van der Waals surface area contributed by atoms with Gasteiger partial charge in [-0.25, -0.2) is 0 Å².